The van der Waals surface area contributed by atoms with Crippen LogP contribution in [0.1, 0.15) is 25.3 Å². The normalized spacial score (nSPS) is 20.4. The van der Waals surface area contributed by atoms with Crippen molar-refractivity contribution in [2.75, 3.05) is 11.9 Å². The van der Waals surface area contributed by atoms with Crippen molar-refractivity contribution in [1.82, 2.24) is 0 Å². The number of anilines is 1. The van der Waals surface area contributed by atoms with E-state index in [-0.39, 0.29) is 5.92 Å². The van der Waals surface area contributed by atoms with E-state index >= 15 is 0 Å². The van der Waals surface area contributed by atoms with Gasteiger partial charge in [-0.2, -0.15) is 0 Å². The third-order valence-corrected chi connectivity index (χ3v) is 3.21. The number of nitrogens with one attached hydrogen (secondary N) is 1. The Labute approximate surface area is 91.8 Å². The van der Waals surface area contributed by atoms with Crippen LogP contribution in [0, 0.1) is 0 Å². The lowest BCUT2D eigenvalue weighted by Gasteiger charge is -2.22. The van der Waals surface area contributed by atoms with E-state index < -0.39 is 5.67 Å². The second-order valence-electron chi connectivity index (χ2n) is 4.23. The van der Waals surface area contributed by atoms with Crippen LogP contribution in [-0.4, -0.2) is 12.2 Å². The molecule has 0 amide bonds. The zero-order valence-corrected chi connectivity index (χ0v) is 9.86. The summed E-state index contributed by atoms with van der Waals surface area (Å²) in [5, 5.41) is 3.22. The van der Waals surface area contributed by atoms with Crippen LogP contribution in [0.4, 0.5) is 10.1 Å². The molecule has 76 valence electrons. The van der Waals surface area contributed by atoms with Crippen LogP contribution in [0.25, 0.3) is 0 Å². The molecule has 0 aliphatic carbocycles. The molecule has 1 heterocycles. The molecule has 3 heteroatoms. The predicted molar refractivity (Wildman–Crippen MR) is 60.6 cm³/mol. The van der Waals surface area contributed by atoms with Crippen LogP contribution in [0.3, 0.4) is 0 Å². The molecule has 1 aliphatic heterocycles. The van der Waals surface area contributed by atoms with Crippen LogP contribution >= 0.6 is 15.9 Å². The van der Waals surface area contributed by atoms with Crippen molar-refractivity contribution in [3.63, 3.8) is 0 Å². The summed E-state index contributed by atoms with van der Waals surface area (Å²) in [6, 6.07) is 5.96. The fraction of sp³-hybridized carbons (Fsp3) is 0.455. The molecule has 0 fully saturated rings. The first kappa shape index (κ1) is 9.97. The first-order chi connectivity index (χ1) is 6.48. The largest absolute Gasteiger partial charge is 0.384 e. The lowest BCUT2D eigenvalue weighted by Crippen LogP contribution is -2.25. The highest BCUT2D eigenvalue weighted by Crippen LogP contribution is 2.41. The maximum absolute atomic E-state index is 13.8. The first-order valence-corrected chi connectivity index (χ1v) is 5.50. The molecule has 0 saturated heterocycles. The average Bonchev–Trinajstić information content (AvgIpc) is 2.45. The monoisotopic (exact) mass is 257 g/mol. The summed E-state index contributed by atoms with van der Waals surface area (Å²) in [4.78, 5) is 0. The molecule has 0 aromatic heterocycles. The van der Waals surface area contributed by atoms with Crippen molar-refractivity contribution in [3.8, 4) is 0 Å². The quantitative estimate of drug-likeness (QED) is 0.809. The van der Waals surface area contributed by atoms with Gasteiger partial charge in [-0.05, 0) is 37.6 Å². The lowest BCUT2D eigenvalue weighted by molar-refractivity contribution is 0.180. The summed E-state index contributed by atoms with van der Waals surface area (Å²) in [6.45, 7) is 3.96. The first-order valence-electron chi connectivity index (χ1n) is 4.71. The Morgan fingerprint density at radius 3 is 2.86 bits per heavy atom. The van der Waals surface area contributed by atoms with E-state index in [9.17, 15) is 4.39 Å². The van der Waals surface area contributed by atoms with Crippen LogP contribution < -0.4 is 5.32 Å². The average molecular weight is 258 g/mol. The lowest BCUT2D eigenvalue weighted by atomic mass is 9.88. The van der Waals surface area contributed by atoms with Gasteiger partial charge in [-0.1, -0.05) is 15.9 Å². The second kappa shape index (κ2) is 3.23. The number of halogens is 2. The van der Waals surface area contributed by atoms with Crippen molar-refractivity contribution in [3.05, 3.63) is 28.2 Å². The predicted octanol–water partition coefficient (Wildman–Crippen LogP) is 3.71. The van der Waals surface area contributed by atoms with Gasteiger partial charge < -0.3 is 5.32 Å². The van der Waals surface area contributed by atoms with Crippen LogP contribution in [0.2, 0.25) is 0 Å². The van der Waals surface area contributed by atoms with E-state index in [0.29, 0.717) is 6.54 Å². The molecule has 0 bridgehead atoms. The number of hydrogen-bond donors (Lipinski definition) is 1. The molecule has 1 nitrogen and oxygen atoms in total. The van der Waals surface area contributed by atoms with Gasteiger partial charge in [-0.3, -0.25) is 0 Å². The van der Waals surface area contributed by atoms with Gasteiger partial charge in [0, 0.05) is 22.6 Å². The summed E-state index contributed by atoms with van der Waals surface area (Å²) in [5.74, 6) is -0.0463. The Morgan fingerprint density at radius 1 is 1.50 bits per heavy atom. The van der Waals surface area contributed by atoms with Gasteiger partial charge in [0.05, 0.1) is 0 Å². The van der Waals surface area contributed by atoms with E-state index in [1.807, 2.05) is 18.2 Å². The molecule has 2 rings (SSSR count). The fourth-order valence-electron chi connectivity index (χ4n) is 1.92. The summed E-state index contributed by atoms with van der Waals surface area (Å²) >= 11 is 3.41. The molecule has 1 unspecified atom stereocenters. The molecular formula is C11H13BrFN. The molecule has 0 saturated carbocycles. The molecule has 0 radical (unpaired) electrons. The van der Waals surface area contributed by atoms with Crippen molar-refractivity contribution in [2.24, 2.45) is 0 Å². The zero-order chi connectivity index (χ0) is 10.3. The van der Waals surface area contributed by atoms with Crippen LogP contribution in [0.15, 0.2) is 22.7 Å². The third-order valence-electron chi connectivity index (χ3n) is 2.71. The maximum Gasteiger partial charge on any atom is 0.114 e. The van der Waals surface area contributed by atoms with Crippen LogP contribution in [-0.2, 0) is 0 Å². The van der Waals surface area contributed by atoms with Gasteiger partial charge in [-0.25, -0.2) is 4.39 Å². The molecule has 1 aromatic carbocycles. The Hall–Kier alpha value is -0.570. The highest BCUT2D eigenvalue weighted by Gasteiger charge is 2.35. The third kappa shape index (κ3) is 1.65. The molecule has 0 spiro atoms. The van der Waals surface area contributed by atoms with Crippen molar-refractivity contribution >= 4 is 21.6 Å². The van der Waals surface area contributed by atoms with E-state index in [1.54, 1.807) is 13.8 Å². The highest BCUT2D eigenvalue weighted by atomic mass is 79.9. The molecule has 1 atom stereocenters. The van der Waals surface area contributed by atoms with Gasteiger partial charge >= 0.3 is 0 Å². The van der Waals surface area contributed by atoms with Gasteiger partial charge in [0.2, 0.25) is 0 Å². The zero-order valence-electron chi connectivity index (χ0n) is 8.27. The van der Waals surface area contributed by atoms with Crippen LogP contribution in [0.5, 0.6) is 0 Å². The van der Waals surface area contributed by atoms with Gasteiger partial charge in [0.15, 0.2) is 0 Å². The van der Waals surface area contributed by atoms with Crippen molar-refractivity contribution in [2.45, 2.75) is 25.4 Å². The highest BCUT2D eigenvalue weighted by molar-refractivity contribution is 9.10. The van der Waals surface area contributed by atoms with E-state index in [1.165, 1.54) is 0 Å². The summed E-state index contributed by atoms with van der Waals surface area (Å²) < 4.78 is 14.9. The van der Waals surface area contributed by atoms with Gasteiger partial charge in [-0.15, -0.1) is 0 Å². The number of hydrogen-bond acceptors (Lipinski definition) is 1. The van der Waals surface area contributed by atoms with Gasteiger partial charge in [0.25, 0.3) is 0 Å². The topological polar surface area (TPSA) is 12.0 Å². The molecule has 1 N–H and O–H groups in total. The number of fused-ring (bicyclic) bond motifs is 1. The number of rotatable bonds is 1. The van der Waals surface area contributed by atoms with E-state index in [0.717, 1.165) is 15.7 Å². The minimum absolute atomic E-state index is 0.0463. The Bertz CT molecular complexity index is 357. The smallest absolute Gasteiger partial charge is 0.114 e. The molecule has 1 aliphatic rings. The minimum atomic E-state index is -1.17. The summed E-state index contributed by atoms with van der Waals surface area (Å²) in [6.07, 6.45) is 0. The minimum Gasteiger partial charge on any atom is -0.384 e. The van der Waals surface area contributed by atoms with Crippen molar-refractivity contribution < 1.29 is 4.39 Å². The fourth-order valence-corrected chi connectivity index (χ4v) is 2.30. The number of benzene rings is 1. The molecule has 1 aromatic rings. The second-order valence-corrected chi connectivity index (χ2v) is 5.15. The van der Waals surface area contributed by atoms with E-state index in [2.05, 4.69) is 21.2 Å². The SMILES string of the molecule is CC(C)(F)C1CNc2ccc(Br)cc21. The van der Waals surface area contributed by atoms with E-state index in [4.69, 9.17) is 0 Å². The summed E-state index contributed by atoms with van der Waals surface area (Å²) in [7, 11) is 0. The Kier molecular flexibility index (Phi) is 2.30. The Balaban J connectivity index is 2.43. The summed E-state index contributed by atoms with van der Waals surface area (Å²) in [5.41, 5.74) is 0.967. The maximum atomic E-state index is 13.8. The van der Waals surface area contributed by atoms with Crippen molar-refractivity contribution in [1.29, 1.82) is 0 Å². The standard InChI is InChI=1S/C11H13BrFN/c1-11(2,13)9-6-14-10-4-3-7(12)5-8(9)10/h3-5,9,14H,6H2,1-2H3. The Morgan fingerprint density at radius 2 is 2.21 bits per heavy atom. The molecular weight excluding hydrogens is 245 g/mol. The van der Waals surface area contributed by atoms with Gasteiger partial charge in [0.1, 0.15) is 5.67 Å². The molecule has 14 heavy (non-hydrogen) atoms. The number of alkyl halides is 1.